The molecule has 0 bridgehead atoms. The highest BCUT2D eigenvalue weighted by atomic mass is 79.9. The predicted octanol–water partition coefficient (Wildman–Crippen LogP) is 5.20. The van der Waals surface area contributed by atoms with Crippen LogP contribution in [0.4, 0.5) is 0 Å². The maximum atomic E-state index is 4.51. The van der Waals surface area contributed by atoms with Crippen molar-refractivity contribution in [3.05, 3.63) is 34.1 Å². The molecule has 1 aliphatic carbocycles. The van der Waals surface area contributed by atoms with Crippen LogP contribution in [0.1, 0.15) is 58.6 Å². The molecule has 0 aliphatic heterocycles. The Morgan fingerprint density at radius 3 is 2.57 bits per heavy atom. The van der Waals surface area contributed by atoms with Crippen molar-refractivity contribution in [1.82, 2.24) is 10.3 Å². The number of rotatable bonds is 4. The molecule has 2 rings (SSSR count). The fourth-order valence-electron chi connectivity index (χ4n) is 2.82. The van der Waals surface area contributed by atoms with Crippen molar-refractivity contribution in [2.24, 2.45) is 5.92 Å². The van der Waals surface area contributed by atoms with Gasteiger partial charge in [0, 0.05) is 22.8 Å². The largest absolute Gasteiger partial charge is 0.308 e. The van der Waals surface area contributed by atoms with E-state index in [1.54, 1.807) is 0 Å². The van der Waals surface area contributed by atoms with Gasteiger partial charge in [-0.1, -0.05) is 24.8 Å². The summed E-state index contributed by atoms with van der Waals surface area (Å²) < 4.78 is 1.03. The standard InChI is InChI=1S/C18H27BrN2/c1-18(2,3)21-12-15(14-7-5-4-6-8-14)11-17-10-9-16(19)13-20-17/h9-11,13-14,21H,4-8,12H2,1-3H3/b15-11-. The van der Waals surface area contributed by atoms with Gasteiger partial charge in [-0.3, -0.25) is 4.98 Å². The van der Waals surface area contributed by atoms with Crippen LogP contribution in [0, 0.1) is 5.92 Å². The quantitative estimate of drug-likeness (QED) is 0.807. The first-order chi connectivity index (χ1) is 9.94. The van der Waals surface area contributed by atoms with Gasteiger partial charge >= 0.3 is 0 Å². The zero-order chi connectivity index (χ0) is 15.3. The summed E-state index contributed by atoms with van der Waals surface area (Å²) in [6, 6.07) is 4.15. The third kappa shape index (κ3) is 5.91. The summed E-state index contributed by atoms with van der Waals surface area (Å²) in [7, 11) is 0. The van der Waals surface area contributed by atoms with E-state index in [4.69, 9.17) is 0 Å². The molecule has 1 aromatic heterocycles. The Morgan fingerprint density at radius 1 is 1.29 bits per heavy atom. The molecule has 2 nitrogen and oxygen atoms in total. The molecule has 1 fully saturated rings. The van der Waals surface area contributed by atoms with Gasteiger partial charge in [0.1, 0.15) is 0 Å². The molecule has 3 heteroatoms. The first-order valence-electron chi connectivity index (χ1n) is 8.01. The van der Waals surface area contributed by atoms with Gasteiger partial charge in [-0.2, -0.15) is 0 Å². The van der Waals surface area contributed by atoms with Gasteiger partial charge in [0.25, 0.3) is 0 Å². The summed E-state index contributed by atoms with van der Waals surface area (Å²) in [6.07, 6.45) is 11.0. The Hall–Kier alpha value is -0.670. The van der Waals surface area contributed by atoms with Crippen molar-refractivity contribution in [3.8, 4) is 0 Å². The van der Waals surface area contributed by atoms with Crippen LogP contribution in [-0.4, -0.2) is 17.1 Å². The van der Waals surface area contributed by atoms with Crippen molar-refractivity contribution < 1.29 is 0 Å². The highest BCUT2D eigenvalue weighted by Crippen LogP contribution is 2.30. The average molecular weight is 351 g/mol. The van der Waals surface area contributed by atoms with E-state index in [9.17, 15) is 0 Å². The van der Waals surface area contributed by atoms with Gasteiger partial charge in [-0.05, 0) is 73.7 Å². The Balaban J connectivity index is 2.15. The molecule has 1 aliphatic rings. The van der Waals surface area contributed by atoms with Gasteiger partial charge in [0.05, 0.1) is 5.69 Å². The fraction of sp³-hybridized carbons (Fsp3) is 0.611. The zero-order valence-corrected chi connectivity index (χ0v) is 15.0. The van der Waals surface area contributed by atoms with Crippen LogP contribution in [0.15, 0.2) is 28.4 Å². The van der Waals surface area contributed by atoms with Crippen LogP contribution in [0.25, 0.3) is 6.08 Å². The number of aromatic nitrogens is 1. The van der Waals surface area contributed by atoms with E-state index in [1.165, 1.54) is 37.7 Å². The van der Waals surface area contributed by atoms with Crippen LogP contribution in [0.5, 0.6) is 0 Å². The topological polar surface area (TPSA) is 24.9 Å². The van der Waals surface area contributed by atoms with Crippen LogP contribution in [-0.2, 0) is 0 Å². The summed E-state index contributed by atoms with van der Waals surface area (Å²) in [5.41, 5.74) is 2.73. The van der Waals surface area contributed by atoms with Crippen molar-refractivity contribution >= 4 is 22.0 Å². The Bertz CT molecular complexity index is 465. The third-order valence-electron chi connectivity index (χ3n) is 4.04. The van der Waals surface area contributed by atoms with Gasteiger partial charge in [0.2, 0.25) is 0 Å². The molecular formula is C18H27BrN2. The van der Waals surface area contributed by atoms with E-state index < -0.39 is 0 Å². The molecule has 0 spiro atoms. The van der Waals surface area contributed by atoms with Crippen molar-refractivity contribution in [2.75, 3.05) is 6.54 Å². The minimum Gasteiger partial charge on any atom is -0.308 e. The van der Waals surface area contributed by atoms with Gasteiger partial charge in [-0.25, -0.2) is 0 Å². The number of nitrogens with one attached hydrogen (secondary N) is 1. The number of nitrogens with zero attached hydrogens (tertiary/aromatic N) is 1. The predicted molar refractivity (Wildman–Crippen MR) is 94.2 cm³/mol. The van der Waals surface area contributed by atoms with Crippen LogP contribution < -0.4 is 5.32 Å². The van der Waals surface area contributed by atoms with E-state index in [2.05, 4.69) is 65.2 Å². The number of hydrogen-bond acceptors (Lipinski definition) is 2. The molecule has 0 saturated heterocycles. The third-order valence-corrected chi connectivity index (χ3v) is 4.51. The summed E-state index contributed by atoms with van der Waals surface area (Å²) >= 11 is 3.45. The minimum atomic E-state index is 0.154. The molecule has 1 aromatic rings. The Kier molecular flexibility index (Phi) is 6.00. The highest BCUT2D eigenvalue weighted by molar-refractivity contribution is 9.10. The second kappa shape index (κ2) is 7.55. The average Bonchev–Trinajstić information content (AvgIpc) is 2.45. The molecule has 116 valence electrons. The second-order valence-corrected chi connectivity index (χ2v) is 7.97. The first kappa shape index (κ1) is 16.7. The summed E-state index contributed by atoms with van der Waals surface area (Å²) in [6.45, 7) is 7.64. The lowest BCUT2D eigenvalue weighted by atomic mass is 9.83. The zero-order valence-electron chi connectivity index (χ0n) is 13.5. The SMILES string of the molecule is CC(C)(C)NC/C(=C/c1ccc(Br)cn1)C1CCCCC1. The Morgan fingerprint density at radius 2 is 2.00 bits per heavy atom. The smallest absolute Gasteiger partial charge is 0.0630 e. The van der Waals surface area contributed by atoms with Crippen LogP contribution >= 0.6 is 15.9 Å². The molecule has 1 saturated carbocycles. The van der Waals surface area contributed by atoms with Crippen LogP contribution in [0.2, 0.25) is 0 Å². The molecule has 0 aromatic carbocycles. The summed E-state index contributed by atoms with van der Waals surface area (Å²) in [5, 5.41) is 3.65. The van der Waals surface area contributed by atoms with E-state index in [-0.39, 0.29) is 5.54 Å². The fourth-order valence-corrected chi connectivity index (χ4v) is 3.05. The molecule has 21 heavy (non-hydrogen) atoms. The number of pyridine rings is 1. The maximum absolute atomic E-state index is 4.51. The Labute approximate surface area is 137 Å². The summed E-state index contributed by atoms with van der Waals surface area (Å²) in [4.78, 5) is 4.51. The summed E-state index contributed by atoms with van der Waals surface area (Å²) in [5.74, 6) is 0.721. The second-order valence-electron chi connectivity index (χ2n) is 7.06. The van der Waals surface area contributed by atoms with Crippen molar-refractivity contribution in [3.63, 3.8) is 0 Å². The lowest BCUT2D eigenvalue weighted by molar-refractivity contribution is 0.378. The molecule has 1 heterocycles. The molecule has 1 N–H and O–H groups in total. The monoisotopic (exact) mass is 350 g/mol. The molecule has 0 unspecified atom stereocenters. The minimum absolute atomic E-state index is 0.154. The first-order valence-corrected chi connectivity index (χ1v) is 8.80. The molecular weight excluding hydrogens is 324 g/mol. The number of halogens is 1. The van der Waals surface area contributed by atoms with Gasteiger partial charge < -0.3 is 5.32 Å². The molecule has 0 atom stereocenters. The van der Waals surface area contributed by atoms with E-state index >= 15 is 0 Å². The van der Waals surface area contributed by atoms with Crippen LogP contribution in [0.3, 0.4) is 0 Å². The van der Waals surface area contributed by atoms with E-state index in [0.29, 0.717) is 0 Å². The van der Waals surface area contributed by atoms with Gasteiger partial charge in [-0.15, -0.1) is 0 Å². The molecule has 0 amide bonds. The van der Waals surface area contributed by atoms with Gasteiger partial charge in [0.15, 0.2) is 0 Å². The van der Waals surface area contributed by atoms with Crippen molar-refractivity contribution in [2.45, 2.75) is 58.4 Å². The lowest BCUT2D eigenvalue weighted by Crippen LogP contribution is -2.38. The molecule has 0 radical (unpaired) electrons. The van der Waals surface area contributed by atoms with E-state index in [1.807, 2.05) is 6.20 Å². The highest BCUT2D eigenvalue weighted by Gasteiger charge is 2.19. The normalized spacial score (nSPS) is 18.0. The van der Waals surface area contributed by atoms with Crippen molar-refractivity contribution in [1.29, 1.82) is 0 Å². The number of hydrogen-bond donors (Lipinski definition) is 1. The maximum Gasteiger partial charge on any atom is 0.0630 e. The lowest BCUT2D eigenvalue weighted by Gasteiger charge is -2.28. The van der Waals surface area contributed by atoms with E-state index in [0.717, 1.165) is 22.6 Å².